The van der Waals surface area contributed by atoms with Gasteiger partial charge in [-0.05, 0) is 43.5 Å². The number of anilines is 1. The van der Waals surface area contributed by atoms with E-state index in [0.717, 1.165) is 18.8 Å². The fourth-order valence-electron chi connectivity index (χ4n) is 3.50. The predicted molar refractivity (Wildman–Crippen MR) is 124 cm³/mol. The number of carbonyl (C=O) groups is 3. The molecule has 2 aromatic rings. The van der Waals surface area contributed by atoms with E-state index in [-0.39, 0.29) is 23.5 Å². The Kier molecular flexibility index (Phi) is 8.35. The number of hydrogen-bond donors (Lipinski definition) is 2. The molecule has 1 aliphatic heterocycles. The number of rotatable bonds is 9. The molecule has 0 spiro atoms. The number of nitrogens with one attached hydrogen (secondary N) is 2. The van der Waals surface area contributed by atoms with Crippen molar-refractivity contribution < 1.29 is 19.1 Å². The Labute approximate surface area is 192 Å². The van der Waals surface area contributed by atoms with Gasteiger partial charge in [0.2, 0.25) is 11.7 Å². The smallest absolute Gasteiger partial charge is 0.251 e. The maximum atomic E-state index is 12.9. The molecule has 32 heavy (non-hydrogen) atoms. The monoisotopic (exact) mass is 458 g/mol. The highest BCUT2D eigenvalue weighted by molar-refractivity contribution is 7.11. The maximum Gasteiger partial charge on any atom is 0.251 e. The van der Waals surface area contributed by atoms with Crippen LogP contribution < -0.4 is 15.5 Å². The van der Waals surface area contributed by atoms with Crippen LogP contribution in [0.1, 0.15) is 47.4 Å². The summed E-state index contributed by atoms with van der Waals surface area (Å²) in [4.78, 5) is 44.4. The van der Waals surface area contributed by atoms with Crippen molar-refractivity contribution in [1.29, 1.82) is 0 Å². The first-order valence-electron chi connectivity index (χ1n) is 10.8. The summed E-state index contributed by atoms with van der Waals surface area (Å²) < 4.78 is 5.38. The molecule has 1 aromatic carbocycles. The topological polar surface area (TPSA) is 101 Å². The number of benzene rings is 1. The lowest BCUT2D eigenvalue weighted by Crippen LogP contribution is -2.51. The normalized spacial score (nSPS) is 15.8. The molecule has 1 aliphatic rings. The maximum absolute atomic E-state index is 12.9. The van der Waals surface area contributed by atoms with Gasteiger partial charge in [-0.25, -0.2) is 4.98 Å². The van der Waals surface area contributed by atoms with E-state index in [2.05, 4.69) is 20.5 Å². The lowest BCUT2D eigenvalue weighted by atomic mass is 10.0. The van der Waals surface area contributed by atoms with Crippen LogP contribution in [0.25, 0.3) is 0 Å². The van der Waals surface area contributed by atoms with E-state index >= 15 is 0 Å². The molecule has 9 heteroatoms. The summed E-state index contributed by atoms with van der Waals surface area (Å²) in [6, 6.07) is 5.87. The van der Waals surface area contributed by atoms with Gasteiger partial charge in [0.15, 0.2) is 5.01 Å². The first kappa shape index (κ1) is 23.9. The summed E-state index contributed by atoms with van der Waals surface area (Å²) in [5, 5.41) is 7.63. The minimum Gasteiger partial charge on any atom is -0.378 e. The van der Waals surface area contributed by atoms with Crippen molar-refractivity contribution in [2.45, 2.75) is 39.3 Å². The summed E-state index contributed by atoms with van der Waals surface area (Å²) in [6.45, 7) is 8.61. The molecule has 172 valence electrons. The highest BCUT2D eigenvalue weighted by Crippen LogP contribution is 2.17. The van der Waals surface area contributed by atoms with Crippen LogP contribution in [0, 0.1) is 5.92 Å². The first-order valence-corrected chi connectivity index (χ1v) is 11.7. The van der Waals surface area contributed by atoms with E-state index in [1.54, 1.807) is 30.6 Å². The Hall–Kier alpha value is -2.78. The first-order chi connectivity index (χ1) is 15.3. The van der Waals surface area contributed by atoms with Crippen LogP contribution in [-0.4, -0.2) is 61.0 Å². The average molecular weight is 459 g/mol. The van der Waals surface area contributed by atoms with Gasteiger partial charge in [0, 0.05) is 35.9 Å². The molecule has 8 nitrogen and oxygen atoms in total. The van der Waals surface area contributed by atoms with Crippen LogP contribution in [0.5, 0.6) is 0 Å². The fraction of sp³-hybridized carbons (Fsp3) is 0.478. The fourth-order valence-corrected chi connectivity index (χ4v) is 4.16. The Morgan fingerprint density at radius 3 is 2.38 bits per heavy atom. The number of hydrogen-bond acceptors (Lipinski definition) is 7. The highest BCUT2D eigenvalue weighted by Gasteiger charge is 2.27. The third-order valence-electron chi connectivity index (χ3n) is 5.23. The molecular formula is C23H30N4O4S. The van der Waals surface area contributed by atoms with Crippen molar-refractivity contribution in [3.8, 4) is 0 Å². The van der Waals surface area contributed by atoms with Crippen molar-refractivity contribution >= 4 is 34.6 Å². The number of amides is 2. The standard InChI is InChI=1S/C23H30N4O4S/c1-15(2)14-19(22(30)25-16(3)20(28)23-24-8-13-32-23)26-21(29)17-4-6-18(7-5-17)27-9-11-31-12-10-27/h4-8,13,15-16,19H,9-12,14H2,1-3H3,(H,25,30)(H,26,29)/t16-,19-/m0/s1. The van der Waals surface area contributed by atoms with E-state index in [9.17, 15) is 14.4 Å². The molecular weight excluding hydrogens is 428 g/mol. The molecule has 1 fully saturated rings. The average Bonchev–Trinajstić information content (AvgIpc) is 3.33. The molecule has 0 bridgehead atoms. The largest absolute Gasteiger partial charge is 0.378 e. The zero-order valence-corrected chi connectivity index (χ0v) is 19.5. The zero-order valence-electron chi connectivity index (χ0n) is 18.7. The van der Waals surface area contributed by atoms with Crippen molar-refractivity contribution in [3.05, 3.63) is 46.4 Å². The lowest BCUT2D eigenvalue weighted by molar-refractivity contribution is -0.123. The molecule has 0 unspecified atom stereocenters. The highest BCUT2D eigenvalue weighted by atomic mass is 32.1. The molecule has 2 amide bonds. The minimum atomic E-state index is -0.743. The van der Waals surface area contributed by atoms with E-state index in [1.807, 2.05) is 26.0 Å². The summed E-state index contributed by atoms with van der Waals surface area (Å²) in [7, 11) is 0. The van der Waals surface area contributed by atoms with Gasteiger partial charge >= 0.3 is 0 Å². The van der Waals surface area contributed by atoms with Crippen LogP contribution in [0.15, 0.2) is 35.8 Å². The van der Waals surface area contributed by atoms with E-state index in [1.165, 1.54) is 11.3 Å². The van der Waals surface area contributed by atoms with Gasteiger partial charge in [-0.15, -0.1) is 11.3 Å². The number of aromatic nitrogens is 1. The predicted octanol–water partition coefficient (Wildman–Crippen LogP) is 2.51. The molecule has 0 radical (unpaired) electrons. The Morgan fingerprint density at radius 2 is 1.78 bits per heavy atom. The molecule has 2 heterocycles. The molecule has 1 saturated heterocycles. The summed E-state index contributed by atoms with van der Waals surface area (Å²) >= 11 is 1.23. The molecule has 3 rings (SSSR count). The van der Waals surface area contributed by atoms with Crippen molar-refractivity contribution in [1.82, 2.24) is 15.6 Å². The molecule has 0 saturated carbocycles. The summed E-state index contributed by atoms with van der Waals surface area (Å²) in [5.41, 5.74) is 1.52. The van der Waals surface area contributed by atoms with Gasteiger partial charge in [0.1, 0.15) is 6.04 Å². The van der Waals surface area contributed by atoms with Crippen LogP contribution in [0.4, 0.5) is 5.69 Å². The van der Waals surface area contributed by atoms with Crippen LogP contribution in [0.3, 0.4) is 0 Å². The quantitative estimate of drug-likeness (QED) is 0.560. The molecule has 0 aliphatic carbocycles. The van der Waals surface area contributed by atoms with Crippen LogP contribution in [0.2, 0.25) is 0 Å². The number of morpholine rings is 1. The Bertz CT molecular complexity index is 909. The molecule has 2 N–H and O–H groups in total. The number of nitrogens with zero attached hydrogens (tertiary/aromatic N) is 2. The number of Topliss-reactive ketones (excluding diaryl/α,β-unsaturated/α-hetero) is 1. The van der Waals surface area contributed by atoms with Crippen molar-refractivity contribution in [2.24, 2.45) is 5.92 Å². The van der Waals surface area contributed by atoms with Gasteiger partial charge < -0.3 is 20.3 Å². The van der Waals surface area contributed by atoms with E-state index in [0.29, 0.717) is 30.2 Å². The van der Waals surface area contributed by atoms with Crippen molar-refractivity contribution in [2.75, 3.05) is 31.2 Å². The van der Waals surface area contributed by atoms with Gasteiger partial charge in [-0.3, -0.25) is 14.4 Å². The van der Waals surface area contributed by atoms with Gasteiger partial charge in [-0.2, -0.15) is 0 Å². The second kappa shape index (κ2) is 11.2. The van der Waals surface area contributed by atoms with Gasteiger partial charge in [0.25, 0.3) is 5.91 Å². The van der Waals surface area contributed by atoms with Gasteiger partial charge in [0.05, 0.1) is 19.3 Å². The van der Waals surface area contributed by atoms with Crippen LogP contribution >= 0.6 is 11.3 Å². The summed E-state index contributed by atoms with van der Waals surface area (Å²) in [5.74, 6) is -0.769. The van der Waals surface area contributed by atoms with Gasteiger partial charge in [-0.1, -0.05) is 13.8 Å². The second-order valence-corrected chi connectivity index (χ2v) is 9.13. The lowest BCUT2D eigenvalue weighted by Gasteiger charge is -2.29. The Balaban J connectivity index is 1.63. The number of ether oxygens (including phenoxy) is 1. The van der Waals surface area contributed by atoms with Crippen molar-refractivity contribution in [3.63, 3.8) is 0 Å². The number of ketones is 1. The SMILES string of the molecule is CC(C)C[C@H](NC(=O)c1ccc(N2CCOCC2)cc1)C(=O)N[C@@H](C)C(=O)c1nccs1. The second-order valence-electron chi connectivity index (χ2n) is 8.23. The third-order valence-corrected chi connectivity index (χ3v) is 6.02. The minimum absolute atomic E-state index is 0.180. The zero-order chi connectivity index (χ0) is 23.1. The van der Waals surface area contributed by atoms with Crippen LogP contribution in [-0.2, 0) is 9.53 Å². The third kappa shape index (κ3) is 6.37. The Morgan fingerprint density at radius 1 is 1.09 bits per heavy atom. The number of carbonyl (C=O) groups excluding carboxylic acids is 3. The molecule has 1 aromatic heterocycles. The summed E-state index contributed by atoms with van der Waals surface area (Å²) in [6.07, 6.45) is 2.01. The molecule has 2 atom stereocenters. The van der Waals surface area contributed by atoms with E-state index in [4.69, 9.17) is 4.74 Å². The van der Waals surface area contributed by atoms with E-state index < -0.39 is 12.1 Å². The number of thiazole rings is 1.